The van der Waals surface area contributed by atoms with Gasteiger partial charge in [0.15, 0.2) is 0 Å². The number of carbonyl (C=O) groups is 3. The fourth-order valence-corrected chi connectivity index (χ4v) is 3.94. The number of piperazine rings is 1. The van der Waals surface area contributed by atoms with Gasteiger partial charge in [0.05, 0.1) is 14.2 Å². The predicted octanol–water partition coefficient (Wildman–Crippen LogP) is 2.99. The second-order valence-corrected chi connectivity index (χ2v) is 8.28. The molecule has 176 valence electrons. The van der Waals surface area contributed by atoms with Crippen LogP contribution in [0.3, 0.4) is 0 Å². The van der Waals surface area contributed by atoms with Crippen LogP contribution in [0.4, 0.5) is 0 Å². The van der Waals surface area contributed by atoms with Crippen molar-refractivity contribution in [1.29, 1.82) is 0 Å². The minimum atomic E-state index is -1.33. The van der Waals surface area contributed by atoms with Crippen molar-refractivity contribution >= 4 is 17.8 Å². The lowest BCUT2D eigenvalue weighted by atomic mass is 9.96. The Morgan fingerprint density at radius 2 is 1.27 bits per heavy atom. The average Bonchev–Trinajstić information content (AvgIpc) is 2.80. The first-order valence-corrected chi connectivity index (χ1v) is 10.8. The molecule has 0 N–H and O–H groups in total. The highest BCUT2D eigenvalue weighted by atomic mass is 16.6. The topological polar surface area (TPSA) is 85.4 Å². The number of nitrogens with zero attached hydrogens (tertiary/aromatic N) is 2. The van der Waals surface area contributed by atoms with Crippen molar-refractivity contribution in [1.82, 2.24) is 9.80 Å². The molecule has 8 nitrogen and oxygen atoms in total. The van der Waals surface area contributed by atoms with Crippen LogP contribution in [-0.2, 0) is 32.2 Å². The van der Waals surface area contributed by atoms with E-state index in [-0.39, 0.29) is 24.9 Å². The molecule has 3 rings (SSSR count). The molecule has 0 radical (unpaired) electrons. The third-order valence-corrected chi connectivity index (χ3v) is 5.58. The van der Waals surface area contributed by atoms with E-state index >= 15 is 0 Å². The van der Waals surface area contributed by atoms with Crippen LogP contribution in [-0.4, -0.2) is 54.1 Å². The van der Waals surface area contributed by atoms with Gasteiger partial charge in [0.2, 0.25) is 5.91 Å². The molecule has 33 heavy (non-hydrogen) atoms. The molecule has 0 saturated carbocycles. The summed E-state index contributed by atoms with van der Waals surface area (Å²) in [5.41, 5.74) is 1.63. The van der Waals surface area contributed by atoms with Crippen LogP contribution in [0.15, 0.2) is 48.5 Å². The number of carbonyl (C=O) groups excluding carboxylic acids is 3. The Hall–Kier alpha value is -3.55. The van der Waals surface area contributed by atoms with Crippen molar-refractivity contribution in [2.24, 2.45) is 5.92 Å². The van der Waals surface area contributed by atoms with E-state index in [1.807, 2.05) is 38.1 Å². The Kier molecular flexibility index (Phi) is 7.58. The number of rotatable bonds is 8. The summed E-state index contributed by atoms with van der Waals surface area (Å²) in [6.45, 7) is 5.37. The predicted molar refractivity (Wildman–Crippen MR) is 121 cm³/mol. The van der Waals surface area contributed by atoms with E-state index in [0.717, 1.165) is 11.1 Å². The lowest BCUT2D eigenvalue weighted by molar-refractivity contribution is -0.191. The Morgan fingerprint density at radius 3 is 1.67 bits per heavy atom. The van der Waals surface area contributed by atoms with Crippen LogP contribution in [0.25, 0.3) is 0 Å². The number of methoxy groups -OCH3 is 2. The van der Waals surface area contributed by atoms with Gasteiger partial charge in [-0.1, -0.05) is 38.1 Å². The Labute approximate surface area is 194 Å². The van der Waals surface area contributed by atoms with E-state index in [9.17, 15) is 14.4 Å². The Bertz CT molecular complexity index is 987. The lowest BCUT2D eigenvalue weighted by Gasteiger charge is -2.45. The van der Waals surface area contributed by atoms with Gasteiger partial charge in [-0.25, -0.2) is 0 Å². The summed E-state index contributed by atoms with van der Waals surface area (Å²) >= 11 is 0. The normalized spacial score (nSPS) is 18.5. The highest BCUT2D eigenvalue weighted by Crippen LogP contribution is 2.28. The van der Waals surface area contributed by atoms with Crippen LogP contribution in [0.2, 0.25) is 0 Å². The molecular weight excluding hydrogens is 424 g/mol. The van der Waals surface area contributed by atoms with Gasteiger partial charge in [-0.15, -0.1) is 0 Å². The second-order valence-electron chi connectivity index (χ2n) is 8.28. The monoisotopic (exact) mass is 454 g/mol. The first kappa shape index (κ1) is 24.1. The van der Waals surface area contributed by atoms with Crippen LogP contribution >= 0.6 is 0 Å². The zero-order chi connectivity index (χ0) is 24.1. The third kappa shape index (κ3) is 5.45. The van der Waals surface area contributed by atoms with Gasteiger partial charge < -0.3 is 19.1 Å². The molecule has 8 heteroatoms. The van der Waals surface area contributed by atoms with E-state index in [0.29, 0.717) is 11.5 Å². The van der Waals surface area contributed by atoms with E-state index < -0.39 is 24.1 Å². The van der Waals surface area contributed by atoms with Crippen molar-refractivity contribution in [2.75, 3.05) is 14.2 Å². The van der Waals surface area contributed by atoms with Crippen molar-refractivity contribution in [3.63, 3.8) is 0 Å². The maximum Gasteiger partial charge on any atom is 0.304 e. The average molecular weight is 455 g/mol. The molecule has 1 saturated heterocycles. The van der Waals surface area contributed by atoms with Crippen molar-refractivity contribution in [2.45, 2.75) is 46.1 Å². The second kappa shape index (κ2) is 10.4. The fourth-order valence-electron chi connectivity index (χ4n) is 3.94. The van der Waals surface area contributed by atoms with Crippen LogP contribution in [0.1, 0.15) is 31.9 Å². The van der Waals surface area contributed by atoms with E-state index in [2.05, 4.69) is 0 Å². The molecule has 2 aromatic carbocycles. The minimum Gasteiger partial charge on any atom is -0.497 e. The van der Waals surface area contributed by atoms with Gasteiger partial charge in [0.1, 0.15) is 17.5 Å². The molecular formula is C25H30N2O6. The summed E-state index contributed by atoms with van der Waals surface area (Å²) in [7, 11) is 3.15. The lowest BCUT2D eigenvalue weighted by Crippen LogP contribution is -2.66. The van der Waals surface area contributed by atoms with Crippen LogP contribution < -0.4 is 9.47 Å². The molecule has 0 spiro atoms. The SMILES string of the molecule is COc1ccc(CN2C(=O)[C@H](OC(C)=O)N(Cc3ccc(OC)cc3)C(=O)[C@@H]2C(C)C)cc1. The maximum absolute atomic E-state index is 13.6. The third-order valence-electron chi connectivity index (χ3n) is 5.58. The summed E-state index contributed by atoms with van der Waals surface area (Å²) < 4.78 is 15.7. The number of amides is 2. The number of esters is 1. The van der Waals surface area contributed by atoms with Gasteiger partial charge >= 0.3 is 5.97 Å². The molecule has 2 amide bonds. The van der Waals surface area contributed by atoms with Crippen LogP contribution in [0, 0.1) is 5.92 Å². The molecule has 0 aliphatic carbocycles. The summed E-state index contributed by atoms with van der Waals surface area (Å²) in [6.07, 6.45) is -1.33. The quantitative estimate of drug-likeness (QED) is 0.570. The molecule has 0 bridgehead atoms. The highest BCUT2D eigenvalue weighted by Gasteiger charge is 2.48. The van der Waals surface area contributed by atoms with E-state index in [4.69, 9.17) is 14.2 Å². The van der Waals surface area contributed by atoms with Gasteiger partial charge in [-0.2, -0.15) is 0 Å². The van der Waals surface area contributed by atoms with Gasteiger partial charge in [0.25, 0.3) is 12.1 Å². The van der Waals surface area contributed by atoms with Gasteiger partial charge in [0, 0.05) is 20.0 Å². The minimum absolute atomic E-state index is 0.131. The Morgan fingerprint density at radius 1 is 0.818 bits per heavy atom. The smallest absolute Gasteiger partial charge is 0.304 e. The van der Waals surface area contributed by atoms with Crippen LogP contribution in [0.5, 0.6) is 11.5 Å². The maximum atomic E-state index is 13.6. The van der Waals surface area contributed by atoms with Gasteiger partial charge in [-0.05, 0) is 41.3 Å². The molecule has 2 aromatic rings. The number of hydrogen-bond acceptors (Lipinski definition) is 6. The fraction of sp³-hybridized carbons (Fsp3) is 0.400. The summed E-state index contributed by atoms with van der Waals surface area (Å²) in [4.78, 5) is 41.9. The molecule has 1 aliphatic rings. The highest BCUT2D eigenvalue weighted by molar-refractivity contribution is 5.97. The summed E-state index contributed by atoms with van der Waals surface area (Å²) in [5, 5.41) is 0. The first-order chi connectivity index (χ1) is 15.7. The summed E-state index contributed by atoms with van der Waals surface area (Å²) in [6, 6.07) is 13.8. The standard InChI is InChI=1S/C25H30N2O6/c1-16(2)22-23(29)27(15-19-8-12-21(32-5)13-9-19)25(33-17(3)28)24(30)26(22)14-18-6-10-20(31-4)11-7-18/h6-13,16,22,25H,14-15H2,1-5H3/t22-,25-/m0/s1. The zero-order valence-electron chi connectivity index (χ0n) is 19.6. The number of hydrogen-bond donors (Lipinski definition) is 0. The van der Waals surface area contributed by atoms with Crippen molar-refractivity contribution in [3.05, 3.63) is 59.7 Å². The molecule has 0 aromatic heterocycles. The number of ether oxygens (including phenoxy) is 3. The van der Waals surface area contributed by atoms with E-state index in [1.54, 1.807) is 38.5 Å². The Balaban J connectivity index is 1.93. The number of benzene rings is 2. The first-order valence-electron chi connectivity index (χ1n) is 10.8. The van der Waals surface area contributed by atoms with Crippen molar-refractivity contribution in [3.8, 4) is 11.5 Å². The van der Waals surface area contributed by atoms with Crippen molar-refractivity contribution < 1.29 is 28.6 Å². The summed E-state index contributed by atoms with van der Waals surface area (Å²) in [5.74, 6) is -0.0802. The van der Waals surface area contributed by atoms with E-state index in [1.165, 1.54) is 16.7 Å². The molecule has 1 heterocycles. The zero-order valence-corrected chi connectivity index (χ0v) is 19.6. The molecule has 1 fully saturated rings. The molecule has 0 unspecified atom stereocenters. The largest absolute Gasteiger partial charge is 0.497 e. The molecule has 2 atom stereocenters. The van der Waals surface area contributed by atoms with Gasteiger partial charge in [-0.3, -0.25) is 19.3 Å². The molecule has 1 aliphatic heterocycles.